The molecule has 5 heterocycles. The highest BCUT2D eigenvalue weighted by Crippen LogP contribution is 2.44. The van der Waals surface area contributed by atoms with Crippen molar-refractivity contribution in [3.63, 3.8) is 0 Å². The molecule has 2 fully saturated rings. The fraction of sp³-hybridized carbons (Fsp3) is 0.483. The van der Waals surface area contributed by atoms with E-state index in [1.165, 1.54) is 5.56 Å². The van der Waals surface area contributed by atoms with Crippen LogP contribution >= 0.6 is 11.3 Å². The summed E-state index contributed by atoms with van der Waals surface area (Å²) in [6.45, 7) is 9.09. The van der Waals surface area contributed by atoms with E-state index in [9.17, 15) is 9.59 Å². The van der Waals surface area contributed by atoms with Gasteiger partial charge >= 0.3 is 0 Å². The largest absolute Gasteiger partial charge is 0.493 e. The minimum atomic E-state index is -0.0179. The Bertz CT molecular complexity index is 1370. The van der Waals surface area contributed by atoms with Crippen LogP contribution in [0, 0.1) is 11.8 Å². The number of nitrogens with zero attached hydrogens (tertiary/aromatic N) is 4. The summed E-state index contributed by atoms with van der Waals surface area (Å²) < 4.78 is 13.9. The second-order valence-corrected chi connectivity index (χ2v) is 11.9. The molecule has 38 heavy (non-hydrogen) atoms. The average molecular weight is 535 g/mol. The molecule has 3 aliphatic heterocycles. The topological polar surface area (TPSA) is 76.9 Å². The summed E-state index contributed by atoms with van der Waals surface area (Å²) in [5, 5.41) is 2.04. The standard InChI is InChI=1S/C29H34N4O4S/c1-17(2)37-24-12-22-21(11-23(24)36-4)7-8-33-27(22)26(25-6-5-9-38-25)30-28(33)29(35)32-15-19-10-20(16-32)14-31(13-19)18(3)34/h5-6,9,11-12,17,19-20H,7-8,10,13-16H2,1-4H3. The highest BCUT2D eigenvalue weighted by molar-refractivity contribution is 7.13. The first-order valence-corrected chi connectivity index (χ1v) is 14.3. The molecule has 6 rings (SSSR count). The van der Waals surface area contributed by atoms with Gasteiger partial charge in [0.25, 0.3) is 5.91 Å². The number of hydrogen-bond donors (Lipinski definition) is 0. The van der Waals surface area contributed by atoms with E-state index in [2.05, 4.69) is 16.7 Å². The average Bonchev–Trinajstić information content (AvgIpc) is 3.55. The van der Waals surface area contributed by atoms with Crippen molar-refractivity contribution in [2.75, 3.05) is 33.3 Å². The lowest BCUT2D eigenvalue weighted by atomic mass is 9.84. The summed E-state index contributed by atoms with van der Waals surface area (Å²) in [6, 6.07) is 8.20. The molecular formula is C29H34N4O4S. The third-order valence-corrected chi connectivity index (χ3v) is 8.72. The normalized spacial score (nSPS) is 20.2. The number of hydrogen-bond acceptors (Lipinski definition) is 6. The van der Waals surface area contributed by atoms with Crippen molar-refractivity contribution >= 4 is 23.2 Å². The van der Waals surface area contributed by atoms with E-state index in [0.717, 1.165) is 53.5 Å². The van der Waals surface area contributed by atoms with E-state index in [1.54, 1.807) is 25.4 Å². The zero-order valence-corrected chi connectivity index (χ0v) is 23.2. The van der Waals surface area contributed by atoms with Crippen LogP contribution in [0.4, 0.5) is 0 Å². The fourth-order valence-corrected chi connectivity index (χ4v) is 7.02. The number of aryl methyl sites for hydroxylation is 1. The Labute approximate surface area is 227 Å². The van der Waals surface area contributed by atoms with Crippen LogP contribution in [0.5, 0.6) is 11.5 Å². The number of benzene rings is 1. The number of likely N-dealkylation sites (tertiary alicyclic amines) is 2. The van der Waals surface area contributed by atoms with Crippen molar-refractivity contribution in [1.29, 1.82) is 0 Å². The third-order valence-electron chi connectivity index (χ3n) is 7.84. The Morgan fingerprint density at radius 2 is 1.82 bits per heavy atom. The summed E-state index contributed by atoms with van der Waals surface area (Å²) in [5.41, 5.74) is 4.01. The third kappa shape index (κ3) is 4.36. The molecular weight excluding hydrogens is 500 g/mol. The Hall–Kier alpha value is -3.33. The second kappa shape index (κ2) is 9.76. The zero-order valence-electron chi connectivity index (χ0n) is 22.4. The predicted molar refractivity (Wildman–Crippen MR) is 147 cm³/mol. The summed E-state index contributed by atoms with van der Waals surface area (Å²) in [5.74, 6) is 2.64. The first-order chi connectivity index (χ1) is 18.3. The molecule has 8 nitrogen and oxygen atoms in total. The number of piperidine rings is 2. The van der Waals surface area contributed by atoms with Crippen molar-refractivity contribution in [1.82, 2.24) is 19.4 Å². The van der Waals surface area contributed by atoms with Gasteiger partial charge in [0.15, 0.2) is 17.3 Å². The van der Waals surface area contributed by atoms with Gasteiger partial charge < -0.3 is 23.8 Å². The molecule has 0 N–H and O–H groups in total. The highest BCUT2D eigenvalue weighted by atomic mass is 32.1. The van der Waals surface area contributed by atoms with Crippen LogP contribution in [0.15, 0.2) is 29.6 Å². The Morgan fingerprint density at radius 3 is 2.45 bits per heavy atom. The van der Waals surface area contributed by atoms with E-state index in [0.29, 0.717) is 43.0 Å². The quantitative estimate of drug-likeness (QED) is 0.479. The summed E-state index contributed by atoms with van der Waals surface area (Å²) in [6.07, 6.45) is 1.85. The van der Waals surface area contributed by atoms with Gasteiger partial charge in [0, 0.05) is 45.2 Å². The molecule has 2 atom stereocenters. The molecule has 2 amide bonds. The van der Waals surface area contributed by atoms with Gasteiger partial charge in [-0.25, -0.2) is 4.98 Å². The van der Waals surface area contributed by atoms with E-state index in [1.807, 2.05) is 41.2 Å². The molecule has 2 unspecified atom stereocenters. The molecule has 200 valence electrons. The molecule has 9 heteroatoms. The van der Waals surface area contributed by atoms with Crippen molar-refractivity contribution in [2.45, 2.75) is 46.3 Å². The summed E-state index contributed by atoms with van der Waals surface area (Å²) in [4.78, 5) is 36.0. The van der Waals surface area contributed by atoms with Crippen LogP contribution in [0.1, 0.15) is 43.4 Å². The summed E-state index contributed by atoms with van der Waals surface area (Å²) in [7, 11) is 1.67. The number of aromatic nitrogens is 2. The Kier molecular flexibility index (Phi) is 6.42. The molecule has 2 bridgehead atoms. The first kappa shape index (κ1) is 25.0. The Balaban J connectivity index is 1.41. The lowest BCUT2D eigenvalue weighted by Gasteiger charge is -2.45. The molecule has 0 aliphatic carbocycles. The van der Waals surface area contributed by atoms with Gasteiger partial charge in [-0.2, -0.15) is 0 Å². The van der Waals surface area contributed by atoms with Crippen LogP contribution < -0.4 is 9.47 Å². The maximum Gasteiger partial charge on any atom is 0.289 e. The zero-order chi connectivity index (χ0) is 26.6. The number of carbonyl (C=O) groups is 2. The fourth-order valence-electron chi connectivity index (χ4n) is 6.30. The molecule has 2 saturated heterocycles. The lowest BCUT2D eigenvalue weighted by Crippen LogP contribution is -2.55. The van der Waals surface area contributed by atoms with Crippen molar-refractivity contribution < 1.29 is 19.1 Å². The number of imidazole rings is 1. The molecule has 3 aromatic rings. The number of rotatable bonds is 5. The van der Waals surface area contributed by atoms with Crippen LogP contribution in [-0.2, 0) is 17.8 Å². The second-order valence-electron chi connectivity index (χ2n) is 10.9. The van der Waals surface area contributed by atoms with Crippen molar-refractivity contribution in [3.8, 4) is 33.3 Å². The molecule has 2 aromatic heterocycles. The van der Waals surface area contributed by atoms with Crippen LogP contribution in [0.2, 0.25) is 0 Å². The number of amides is 2. The van der Waals surface area contributed by atoms with Gasteiger partial charge in [-0.3, -0.25) is 9.59 Å². The van der Waals surface area contributed by atoms with Crippen molar-refractivity contribution in [3.05, 3.63) is 41.0 Å². The maximum absolute atomic E-state index is 14.0. The first-order valence-electron chi connectivity index (χ1n) is 13.4. The molecule has 0 saturated carbocycles. The number of thiophene rings is 1. The molecule has 3 aliphatic rings. The number of methoxy groups -OCH3 is 1. The van der Waals surface area contributed by atoms with E-state index in [4.69, 9.17) is 14.5 Å². The van der Waals surface area contributed by atoms with Crippen molar-refractivity contribution in [2.24, 2.45) is 11.8 Å². The van der Waals surface area contributed by atoms with Gasteiger partial charge in [-0.1, -0.05) is 6.07 Å². The van der Waals surface area contributed by atoms with Gasteiger partial charge in [-0.05, 0) is 67.7 Å². The number of ether oxygens (including phenoxy) is 2. The van der Waals surface area contributed by atoms with E-state index >= 15 is 0 Å². The summed E-state index contributed by atoms with van der Waals surface area (Å²) >= 11 is 1.63. The van der Waals surface area contributed by atoms with Crippen LogP contribution in [0.25, 0.3) is 21.8 Å². The van der Waals surface area contributed by atoms with E-state index < -0.39 is 0 Å². The van der Waals surface area contributed by atoms with Gasteiger partial charge in [0.1, 0.15) is 5.69 Å². The minimum absolute atomic E-state index is 0.00170. The molecule has 0 radical (unpaired) electrons. The molecule has 1 aromatic carbocycles. The lowest BCUT2D eigenvalue weighted by molar-refractivity contribution is -0.132. The van der Waals surface area contributed by atoms with Crippen LogP contribution in [-0.4, -0.2) is 70.6 Å². The van der Waals surface area contributed by atoms with Gasteiger partial charge in [0.2, 0.25) is 5.91 Å². The predicted octanol–water partition coefficient (Wildman–Crippen LogP) is 4.57. The number of fused-ring (bicyclic) bond motifs is 5. The highest BCUT2D eigenvalue weighted by Gasteiger charge is 2.39. The molecule has 0 spiro atoms. The van der Waals surface area contributed by atoms with Gasteiger partial charge in [0.05, 0.1) is 23.8 Å². The Morgan fingerprint density at radius 1 is 1.08 bits per heavy atom. The number of carbonyl (C=O) groups excluding carboxylic acids is 2. The smallest absolute Gasteiger partial charge is 0.289 e. The van der Waals surface area contributed by atoms with Crippen LogP contribution in [0.3, 0.4) is 0 Å². The van der Waals surface area contributed by atoms with E-state index in [-0.39, 0.29) is 17.9 Å². The minimum Gasteiger partial charge on any atom is -0.493 e. The SMILES string of the molecule is COc1cc2c(cc1OC(C)C)-c1c(-c3cccs3)nc(C(=O)N3CC4CC(CN(C(C)=O)C4)C3)n1CC2. The van der Waals surface area contributed by atoms with Gasteiger partial charge in [-0.15, -0.1) is 11.3 Å². The monoisotopic (exact) mass is 534 g/mol. The maximum atomic E-state index is 14.0.